The minimum Gasteiger partial charge on any atom is -0.302 e. The van der Waals surface area contributed by atoms with Crippen molar-refractivity contribution in [3.8, 4) is 11.3 Å². The monoisotopic (exact) mass is 445 g/mol. The Labute approximate surface area is 190 Å². The van der Waals surface area contributed by atoms with Crippen LogP contribution in [0.3, 0.4) is 0 Å². The van der Waals surface area contributed by atoms with Crippen molar-refractivity contribution in [1.82, 2.24) is 9.88 Å². The summed E-state index contributed by atoms with van der Waals surface area (Å²) in [6, 6.07) is 16.7. The number of nitrogens with zero attached hydrogens (tertiary/aromatic N) is 2. The molecule has 3 aromatic rings. The van der Waals surface area contributed by atoms with Gasteiger partial charge in [-0.2, -0.15) is 0 Å². The third kappa shape index (κ3) is 3.84. The quantitative estimate of drug-likeness (QED) is 0.570. The molecule has 2 heterocycles. The summed E-state index contributed by atoms with van der Waals surface area (Å²) in [4.78, 5) is 44.6. The SMILES string of the molecule is O=C(Nc1nc(-c2ccccc2)cs1)C1CCCCC1CN1C(=O)c2ccccc2C1=O. The van der Waals surface area contributed by atoms with E-state index in [1.54, 1.807) is 24.3 Å². The van der Waals surface area contributed by atoms with Crippen LogP contribution in [0.25, 0.3) is 11.3 Å². The van der Waals surface area contributed by atoms with Gasteiger partial charge in [0.25, 0.3) is 11.8 Å². The lowest BCUT2D eigenvalue weighted by molar-refractivity contribution is -0.122. The lowest BCUT2D eigenvalue weighted by Gasteiger charge is -2.32. The first-order chi connectivity index (χ1) is 15.6. The van der Waals surface area contributed by atoms with Gasteiger partial charge in [-0.25, -0.2) is 4.98 Å². The molecule has 0 radical (unpaired) electrons. The van der Waals surface area contributed by atoms with E-state index >= 15 is 0 Å². The number of thiazole rings is 1. The third-order valence-electron chi connectivity index (χ3n) is 6.34. The molecule has 1 N–H and O–H groups in total. The number of hydrogen-bond acceptors (Lipinski definition) is 5. The minimum atomic E-state index is -0.261. The van der Waals surface area contributed by atoms with E-state index in [9.17, 15) is 14.4 Å². The van der Waals surface area contributed by atoms with E-state index in [1.165, 1.54) is 16.2 Å². The summed E-state index contributed by atoms with van der Waals surface area (Å²) in [6.45, 7) is 0.275. The first-order valence-electron chi connectivity index (χ1n) is 10.9. The predicted octanol–water partition coefficient (Wildman–Crippen LogP) is 4.85. The lowest BCUT2D eigenvalue weighted by Crippen LogP contribution is -2.41. The molecular formula is C25H23N3O3S. The van der Waals surface area contributed by atoms with Crippen LogP contribution in [0.5, 0.6) is 0 Å². The van der Waals surface area contributed by atoms with Crippen molar-refractivity contribution >= 4 is 34.2 Å². The Morgan fingerprint density at radius 2 is 1.62 bits per heavy atom. The zero-order chi connectivity index (χ0) is 22.1. The molecule has 6 nitrogen and oxygen atoms in total. The number of imide groups is 1. The Morgan fingerprint density at radius 3 is 2.34 bits per heavy atom. The number of amides is 3. The number of rotatable bonds is 5. The van der Waals surface area contributed by atoms with Crippen molar-refractivity contribution in [3.05, 3.63) is 71.1 Å². The highest BCUT2D eigenvalue weighted by Gasteiger charge is 2.40. The highest BCUT2D eigenvalue weighted by molar-refractivity contribution is 7.14. The minimum absolute atomic E-state index is 0.0560. The maximum absolute atomic E-state index is 13.1. The second-order valence-corrected chi connectivity index (χ2v) is 9.17. The fourth-order valence-corrected chi connectivity index (χ4v) is 5.40. The molecule has 0 bridgehead atoms. The summed E-state index contributed by atoms with van der Waals surface area (Å²) in [5.74, 6) is -0.914. The number of anilines is 1. The summed E-state index contributed by atoms with van der Waals surface area (Å²) in [6.07, 6.45) is 3.52. The van der Waals surface area contributed by atoms with E-state index in [0.717, 1.165) is 36.9 Å². The highest BCUT2D eigenvalue weighted by Crippen LogP contribution is 2.34. The molecule has 1 fully saturated rings. The topological polar surface area (TPSA) is 79.4 Å². The second kappa shape index (κ2) is 8.67. The molecule has 2 aromatic carbocycles. The number of benzene rings is 2. The van der Waals surface area contributed by atoms with E-state index in [2.05, 4.69) is 10.3 Å². The van der Waals surface area contributed by atoms with Gasteiger partial charge in [0, 0.05) is 23.4 Å². The number of fused-ring (bicyclic) bond motifs is 1. The molecule has 0 spiro atoms. The fraction of sp³-hybridized carbons (Fsp3) is 0.280. The van der Waals surface area contributed by atoms with Gasteiger partial charge in [-0.1, -0.05) is 55.3 Å². The molecule has 2 aliphatic rings. The van der Waals surface area contributed by atoms with Crippen LogP contribution in [0.1, 0.15) is 46.4 Å². The summed E-state index contributed by atoms with van der Waals surface area (Å²) in [7, 11) is 0. The van der Waals surface area contributed by atoms with Crippen LogP contribution >= 0.6 is 11.3 Å². The van der Waals surface area contributed by atoms with Crippen LogP contribution in [0.4, 0.5) is 5.13 Å². The molecule has 1 aromatic heterocycles. The van der Waals surface area contributed by atoms with Gasteiger partial charge in [-0.05, 0) is 30.9 Å². The molecule has 0 saturated heterocycles. The highest BCUT2D eigenvalue weighted by atomic mass is 32.1. The van der Waals surface area contributed by atoms with Crippen molar-refractivity contribution in [2.75, 3.05) is 11.9 Å². The van der Waals surface area contributed by atoms with Gasteiger partial charge in [0.1, 0.15) is 0 Å². The zero-order valence-electron chi connectivity index (χ0n) is 17.5. The Bertz CT molecular complexity index is 1140. The van der Waals surface area contributed by atoms with E-state index in [-0.39, 0.29) is 36.1 Å². The molecule has 7 heteroatoms. The van der Waals surface area contributed by atoms with E-state index < -0.39 is 0 Å². The molecule has 1 aliphatic carbocycles. The first-order valence-corrected chi connectivity index (χ1v) is 11.8. The molecule has 1 aliphatic heterocycles. The van der Waals surface area contributed by atoms with Crippen molar-refractivity contribution < 1.29 is 14.4 Å². The van der Waals surface area contributed by atoms with Crippen LogP contribution in [0.15, 0.2) is 60.0 Å². The maximum Gasteiger partial charge on any atom is 0.261 e. The number of aromatic nitrogens is 1. The van der Waals surface area contributed by atoms with Gasteiger partial charge in [0.05, 0.1) is 16.8 Å². The molecular weight excluding hydrogens is 422 g/mol. The molecule has 162 valence electrons. The second-order valence-electron chi connectivity index (χ2n) is 8.31. The number of nitrogens with one attached hydrogen (secondary N) is 1. The van der Waals surface area contributed by atoms with Gasteiger partial charge in [0.15, 0.2) is 5.13 Å². The average molecular weight is 446 g/mol. The molecule has 5 rings (SSSR count). The van der Waals surface area contributed by atoms with Crippen molar-refractivity contribution in [2.45, 2.75) is 25.7 Å². The maximum atomic E-state index is 13.1. The van der Waals surface area contributed by atoms with Crippen LogP contribution < -0.4 is 5.32 Å². The molecule has 3 amide bonds. The van der Waals surface area contributed by atoms with Gasteiger partial charge in [-0.15, -0.1) is 11.3 Å². The van der Waals surface area contributed by atoms with Gasteiger partial charge in [-0.3, -0.25) is 19.3 Å². The summed E-state index contributed by atoms with van der Waals surface area (Å²) >= 11 is 1.40. The van der Waals surface area contributed by atoms with E-state index in [4.69, 9.17) is 0 Å². The number of carbonyl (C=O) groups is 3. The fourth-order valence-electron chi connectivity index (χ4n) is 4.68. The Morgan fingerprint density at radius 1 is 0.969 bits per heavy atom. The smallest absolute Gasteiger partial charge is 0.261 e. The number of carbonyl (C=O) groups excluding carboxylic acids is 3. The number of hydrogen-bond donors (Lipinski definition) is 1. The van der Waals surface area contributed by atoms with Gasteiger partial charge < -0.3 is 5.32 Å². The van der Waals surface area contributed by atoms with Crippen LogP contribution in [-0.4, -0.2) is 34.2 Å². The molecule has 2 atom stereocenters. The Hall–Kier alpha value is -3.32. The molecule has 32 heavy (non-hydrogen) atoms. The summed E-state index contributed by atoms with van der Waals surface area (Å²) < 4.78 is 0. The Kier molecular flexibility index (Phi) is 5.57. The average Bonchev–Trinajstić information content (AvgIpc) is 3.39. The molecule has 2 unspecified atom stereocenters. The van der Waals surface area contributed by atoms with Crippen molar-refractivity contribution in [2.24, 2.45) is 11.8 Å². The third-order valence-corrected chi connectivity index (χ3v) is 7.10. The van der Waals surface area contributed by atoms with Crippen LogP contribution in [-0.2, 0) is 4.79 Å². The first kappa shape index (κ1) is 20.6. The summed E-state index contributed by atoms with van der Waals surface area (Å²) in [5.41, 5.74) is 2.73. The normalized spacial score (nSPS) is 20.3. The van der Waals surface area contributed by atoms with Crippen LogP contribution in [0, 0.1) is 11.8 Å². The Balaban J connectivity index is 1.29. The lowest BCUT2D eigenvalue weighted by atomic mass is 9.78. The summed E-state index contributed by atoms with van der Waals surface area (Å²) in [5, 5.41) is 5.48. The van der Waals surface area contributed by atoms with Crippen molar-refractivity contribution in [1.29, 1.82) is 0 Å². The zero-order valence-corrected chi connectivity index (χ0v) is 18.3. The molecule has 1 saturated carbocycles. The standard InChI is InChI=1S/C25H23N3O3S/c29-22(27-25-26-21(15-32-25)16-8-2-1-3-9-16)18-11-5-4-10-17(18)14-28-23(30)19-12-6-7-13-20(19)24(28)31/h1-3,6-9,12-13,15,17-18H,4-5,10-11,14H2,(H,26,27,29). The van der Waals surface area contributed by atoms with E-state index in [0.29, 0.717) is 16.3 Å². The van der Waals surface area contributed by atoms with Crippen molar-refractivity contribution in [3.63, 3.8) is 0 Å². The van der Waals surface area contributed by atoms with E-state index in [1.807, 2.05) is 35.7 Å². The largest absolute Gasteiger partial charge is 0.302 e. The predicted molar refractivity (Wildman–Crippen MR) is 123 cm³/mol. The van der Waals surface area contributed by atoms with Gasteiger partial charge in [0.2, 0.25) is 5.91 Å². The van der Waals surface area contributed by atoms with Crippen LogP contribution in [0.2, 0.25) is 0 Å². The van der Waals surface area contributed by atoms with Gasteiger partial charge >= 0.3 is 0 Å².